The quantitative estimate of drug-likeness (QED) is 0.721. The van der Waals surface area contributed by atoms with Crippen molar-refractivity contribution in [1.29, 1.82) is 0 Å². The number of rotatable bonds is 2. The molecule has 4 saturated carbocycles. The average Bonchev–Trinajstić information content (AvgIpc) is 2.93. The van der Waals surface area contributed by atoms with Gasteiger partial charge in [-0.1, -0.05) is 26.7 Å². The maximum absolute atomic E-state index is 12.0. The molecule has 3 nitrogen and oxygen atoms in total. The first kappa shape index (κ1) is 17.6. The summed E-state index contributed by atoms with van der Waals surface area (Å²) in [6, 6.07) is 0. The first-order valence-corrected chi connectivity index (χ1v) is 10.5. The summed E-state index contributed by atoms with van der Waals surface area (Å²) in [5, 5.41) is 15.0. The van der Waals surface area contributed by atoms with Gasteiger partial charge in [0.2, 0.25) is 6.41 Å². The summed E-state index contributed by atoms with van der Waals surface area (Å²) in [6.07, 6.45) is 12.8. The number of carbonyl (C=O) groups excluding carboxylic acids is 1. The lowest BCUT2D eigenvalue weighted by Gasteiger charge is -2.64. The molecule has 0 aromatic rings. The molecular weight excluding hydrogens is 310 g/mol. The Kier molecular flexibility index (Phi) is 4.10. The molecule has 2 N–H and O–H groups in total. The molecule has 0 saturated heterocycles. The third-order valence-corrected chi connectivity index (χ3v) is 9.28. The van der Waals surface area contributed by atoms with E-state index in [1.165, 1.54) is 50.5 Å². The van der Waals surface area contributed by atoms with E-state index in [1.54, 1.807) is 0 Å². The van der Waals surface area contributed by atoms with Crippen LogP contribution in [0.25, 0.3) is 0 Å². The van der Waals surface area contributed by atoms with Crippen molar-refractivity contribution in [3.63, 3.8) is 0 Å². The fraction of sp³-hybridized carbons (Fsp3) is 0.864. The summed E-state index contributed by atoms with van der Waals surface area (Å²) in [6.45, 7) is 6.87. The first-order chi connectivity index (χ1) is 11.9. The fourth-order valence-corrected chi connectivity index (χ4v) is 7.84. The van der Waals surface area contributed by atoms with Gasteiger partial charge < -0.3 is 10.4 Å². The van der Waals surface area contributed by atoms with Crippen molar-refractivity contribution in [2.24, 2.45) is 28.6 Å². The molecule has 4 aliphatic rings. The van der Waals surface area contributed by atoms with Gasteiger partial charge in [-0.05, 0) is 92.4 Å². The molecule has 0 bridgehead atoms. The molecule has 0 aliphatic heterocycles. The highest BCUT2D eigenvalue weighted by Gasteiger charge is 2.65. The third-order valence-electron chi connectivity index (χ3n) is 9.28. The van der Waals surface area contributed by atoms with E-state index in [2.05, 4.69) is 26.1 Å². The minimum atomic E-state index is -0.470. The van der Waals surface area contributed by atoms with Crippen molar-refractivity contribution in [3.05, 3.63) is 11.3 Å². The van der Waals surface area contributed by atoms with Gasteiger partial charge in [-0.2, -0.15) is 0 Å². The predicted octanol–water partition coefficient (Wildman–Crippen LogP) is 4.55. The molecule has 0 heterocycles. The van der Waals surface area contributed by atoms with Crippen LogP contribution in [0.15, 0.2) is 11.3 Å². The number of aliphatic hydroxyl groups is 1. The number of nitrogens with one attached hydrogen (secondary N) is 1. The van der Waals surface area contributed by atoms with E-state index in [0.717, 1.165) is 37.3 Å². The van der Waals surface area contributed by atoms with E-state index >= 15 is 0 Å². The number of fused-ring (bicyclic) bond motifs is 5. The van der Waals surface area contributed by atoms with Crippen molar-refractivity contribution in [1.82, 2.24) is 5.32 Å². The van der Waals surface area contributed by atoms with Gasteiger partial charge >= 0.3 is 0 Å². The predicted molar refractivity (Wildman–Crippen MR) is 99.7 cm³/mol. The third kappa shape index (κ3) is 2.23. The summed E-state index contributed by atoms with van der Waals surface area (Å²) in [5.41, 5.74) is 2.32. The van der Waals surface area contributed by atoms with E-state index in [0.29, 0.717) is 11.8 Å². The molecule has 140 valence electrons. The highest BCUT2D eigenvalue weighted by Crippen LogP contribution is 2.69. The molecule has 0 aromatic heterocycles. The van der Waals surface area contributed by atoms with Crippen LogP contribution in [0.1, 0.15) is 85.0 Å². The molecule has 4 rings (SSSR count). The zero-order chi connectivity index (χ0) is 17.9. The van der Waals surface area contributed by atoms with Crippen LogP contribution in [0.4, 0.5) is 0 Å². The van der Waals surface area contributed by atoms with Crippen LogP contribution in [0.3, 0.4) is 0 Å². The second-order valence-corrected chi connectivity index (χ2v) is 9.90. The Labute approximate surface area is 152 Å². The Balaban J connectivity index is 1.70. The number of allylic oxidation sites excluding steroid dienone is 2. The van der Waals surface area contributed by atoms with E-state index < -0.39 is 5.60 Å². The van der Waals surface area contributed by atoms with Crippen LogP contribution < -0.4 is 5.32 Å². The Morgan fingerprint density at radius 3 is 2.64 bits per heavy atom. The minimum Gasteiger partial charge on any atom is -0.389 e. The molecular formula is C22H35NO2. The van der Waals surface area contributed by atoms with Crippen molar-refractivity contribution < 1.29 is 9.90 Å². The van der Waals surface area contributed by atoms with Gasteiger partial charge in [0, 0.05) is 5.70 Å². The molecule has 0 spiro atoms. The second kappa shape index (κ2) is 5.84. The number of hydrogen-bond acceptors (Lipinski definition) is 2. The number of carbonyl (C=O) groups is 1. The molecule has 4 fully saturated rings. The lowest BCUT2D eigenvalue weighted by molar-refractivity contribution is -0.228. The molecule has 6 atom stereocenters. The summed E-state index contributed by atoms with van der Waals surface area (Å²) in [4.78, 5) is 10.9. The normalized spacial score (nSPS) is 51.1. The number of amides is 1. The van der Waals surface area contributed by atoms with Gasteiger partial charge in [0.25, 0.3) is 0 Å². The molecule has 3 heteroatoms. The van der Waals surface area contributed by atoms with Gasteiger partial charge in [0.15, 0.2) is 0 Å². The Bertz CT molecular complexity index is 599. The molecule has 1 amide bonds. The lowest BCUT2D eigenvalue weighted by Crippen LogP contribution is -2.64. The van der Waals surface area contributed by atoms with Gasteiger partial charge in [-0.25, -0.2) is 0 Å². The van der Waals surface area contributed by atoms with Crippen LogP contribution in [-0.2, 0) is 4.79 Å². The van der Waals surface area contributed by atoms with Crippen LogP contribution in [-0.4, -0.2) is 17.1 Å². The van der Waals surface area contributed by atoms with E-state index in [-0.39, 0.29) is 10.8 Å². The van der Waals surface area contributed by atoms with Crippen LogP contribution >= 0.6 is 0 Å². The van der Waals surface area contributed by atoms with E-state index in [1.807, 2.05) is 0 Å². The SMILES string of the molecule is CC(NC=O)=C1CC[C@H]2[C@@H]3CCC4CCCC[C@]4(C)[C@@]3(O)CC[C@]12C. The van der Waals surface area contributed by atoms with Gasteiger partial charge in [-0.3, -0.25) is 4.79 Å². The Hall–Kier alpha value is -0.830. The lowest BCUT2D eigenvalue weighted by atomic mass is 9.43. The Morgan fingerprint density at radius 2 is 1.88 bits per heavy atom. The topological polar surface area (TPSA) is 49.3 Å². The largest absolute Gasteiger partial charge is 0.389 e. The fourth-order valence-electron chi connectivity index (χ4n) is 7.84. The van der Waals surface area contributed by atoms with Crippen molar-refractivity contribution in [2.75, 3.05) is 0 Å². The maximum atomic E-state index is 12.0. The molecule has 4 aliphatic carbocycles. The van der Waals surface area contributed by atoms with Crippen LogP contribution in [0.2, 0.25) is 0 Å². The number of hydrogen-bond donors (Lipinski definition) is 2. The van der Waals surface area contributed by atoms with Crippen LogP contribution in [0, 0.1) is 28.6 Å². The first-order valence-electron chi connectivity index (χ1n) is 10.5. The average molecular weight is 346 g/mol. The van der Waals surface area contributed by atoms with Gasteiger partial charge in [0.05, 0.1) is 5.60 Å². The minimum absolute atomic E-state index is 0.123. The molecule has 0 aromatic carbocycles. The Morgan fingerprint density at radius 1 is 1.08 bits per heavy atom. The zero-order valence-electron chi connectivity index (χ0n) is 16.2. The summed E-state index contributed by atoms with van der Waals surface area (Å²) in [7, 11) is 0. The highest BCUT2D eigenvalue weighted by molar-refractivity contribution is 5.51. The smallest absolute Gasteiger partial charge is 0.211 e. The van der Waals surface area contributed by atoms with E-state index in [9.17, 15) is 9.90 Å². The summed E-state index contributed by atoms with van der Waals surface area (Å²) < 4.78 is 0. The van der Waals surface area contributed by atoms with Crippen molar-refractivity contribution in [2.45, 2.75) is 90.6 Å². The zero-order valence-corrected chi connectivity index (χ0v) is 16.2. The highest BCUT2D eigenvalue weighted by atomic mass is 16.3. The van der Waals surface area contributed by atoms with Crippen molar-refractivity contribution >= 4 is 6.41 Å². The molecule has 0 radical (unpaired) electrons. The standard InChI is InChI=1S/C22H35NO2/c1-15(23-14-24)17-9-10-18-19-8-7-16-6-4-5-11-21(16,3)22(19,25)13-12-20(17,18)2/h14,16,18-19,25H,4-13H2,1-3H3,(H,23,24)/t16?,18-,19-,20+,21-,22+/m0/s1. The maximum Gasteiger partial charge on any atom is 0.211 e. The summed E-state index contributed by atoms with van der Waals surface area (Å²) in [5.74, 6) is 1.73. The van der Waals surface area contributed by atoms with Crippen molar-refractivity contribution in [3.8, 4) is 0 Å². The second-order valence-electron chi connectivity index (χ2n) is 9.90. The molecule has 25 heavy (non-hydrogen) atoms. The molecule has 1 unspecified atom stereocenters. The van der Waals surface area contributed by atoms with E-state index in [4.69, 9.17) is 0 Å². The summed E-state index contributed by atoms with van der Waals surface area (Å²) >= 11 is 0. The monoisotopic (exact) mass is 345 g/mol. The van der Waals surface area contributed by atoms with Gasteiger partial charge in [0.1, 0.15) is 0 Å². The van der Waals surface area contributed by atoms with Gasteiger partial charge in [-0.15, -0.1) is 0 Å². The van der Waals surface area contributed by atoms with Crippen LogP contribution in [0.5, 0.6) is 0 Å².